The topological polar surface area (TPSA) is 89.9 Å². The molecule has 6 nitrogen and oxygen atoms in total. The van der Waals surface area contributed by atoms with Crippen molar-refractivity contribution in [3.8, 4) is 0 Å². The molecule has 0 saturated carbocycles. The Kier molecular flexibility index (Phi) is 6.48. The van der Waals surface area contributed by atoms with E-state index in [0.29, 0.717) is 13.1 Å². The summed E-state index contributed by atoms with van der Waals surface area (Å²) in [5, 5.41) is 20.3. The lowest BCUT2D eigenvalue weighted by atomic mass is 10.2. The van der Waals surface area contributed by atoms with Crippen LogP contribution in [0.15, 0.2) is 0 Å². The van der Waals surface area contributed by atoms with Crippen molar-refractivity contribution in [3.63, 3.8) is 0 Å². The second-order valence-electron chi connectivity index (χ2n) is 3.59. The first kappa shape index (κ1) is 14.7. The van der Waals surface area contributed by atoms with E-state index in [9.17, 15) is 14.7 Å². The molecule has 0 aliphatic rings. The average Bonchev–Trinajstić information content (AvgIpc) is 2.21. The third kappa shape index (κ3) is 4.48. The van der Waals surface area contributed by atoms with E-state index in [-0.39, 0.29) is 0 Å². The monoisotopic (exact) mass is 232 g/mol. The number of rotatable bonds is 6. The summed E-state index contributed by atoms with van der Waals surface area (Å²) >= 11 is 0. The van der Waals surface area contributed by atoms with E-state index in [2.05, 4.69) is 5.32 Å². The molecule has 0 aromatic rings. The number of aliphatic hydroxyl groups is 1. The molecule has 0 aromatic carbocycles. The Morgan fingerprint density at radius 1 is 1.38 bits per heavy atom. The lowest BCUT2D eigenvalue weighted by Crippen LogP contribution is -2.52. The van der Waals surface area contributed by atoms with Gasteiger partial charge < -0.3 is 20.4 Å². The van der Waals surface area contributed by atoms with Crippen LogP contribution in [0.25, 0.3) is 0 Å². The maximum atomic E-state index is 11.6. The van der Waals surface area contributed by atoms with Crippen LogP contribution in [-0.2, 0) is 4.79 Å². The van der Waals surface area contributed by atoms with Crippen LogP contribution in [-0.4, -0.2) is 52.3 Å². The summed E-state index contributed by atoms with van der Waals surface area (Å²) in [6, 6.07) is -1.73. The molecule has 3 N–H and O–H groups in total. The van der Waals surface area contributed by atoms with Crippen LogP contribution in [0.1, 0.15) is 27.2 Å². The summed E-state index contributed by atoms with van der Waals surface area (Å²) < 4.78 is 0. The lowest BCUT2D eigenvalue weighted by Gasteiger charge is -2.24. The Hall–Kier alpha value is -1.30. The zero-order valence-corrected chi connectivity index (χ0v) is 9.93. The molecule has 0 unspecified atom stereocenters. The zero-order chi connectivity index (χ0) is 12.7. The number of carbonyl (C=O) groups is 2. The van der Waals surface area contributed by atoms with Gasteiger partial charge in [0.15, 0.2) is 6.04 Å². The van der Waals surface area contributed by atoms with Gasteiger partial charge in [-0.05, 0) is 20.3 Å². The highest BCUT2D eigenvalue weighted by Crippen LogP contribution is 1.97. The highest BCUT2D eigenvalue weighted by atomic mass is 16.4. The van der Waals surface area contributed by atoms with Crippen LogP contribution in [0.5, 0.6) is 0 Å². The molecule has 2 amide bonds. The van der Waals surface area contributed by atoms with Crippen molar-refractivity contribution in [2.45, 2.75) is 39.3 Å². The Bertz CT molecular complexity index is 243. The van der Waals surface area contributed by atoms with E-state index in [0.717, 1.165) is 6.42 Å². The largest absolute Gasteiger partial charge is 0.480 e. The summed E-state index contributed by atoms with van der Waals surface area (Å²) in [7, 11) is 0. The molecule has 0 bridgehead atoms. The number of urea groups is 1. The quantitative estimate of drug-likeness (QED) is 0.613. The molecule has 0 saturated heterocycles. The minimum absolute atomic E-state index is 0.461. The van der Waals surface area contributed by atoms with Crippen molar-refractivity contribution in [1.82, 2.24) is 10.2 Å². The first-order valence-corrected chi connectivity index (χ1v) is 5.40. The zero-order valence-electron chi connectivity index (χ0n) is 9.93. The van der Waals surface area contributed by atoms with Crippen molar-refractivity contribution >= 4 is 12.0 Å². The molecule has 16 heavy (non-hydrogen) atoms. The molecular weight excluding hydrogens is 212 g/mol. The summed E-state index contributed by atoms with van der Waals surface area (Å²) in [5.74, 6) is -1.24. The predicted octanol–water partition coefficient (Wildman–Crippen LogP) is 0.262. The first-order chi connectivity index (χ1) is 7.43. The molecule has 94 valence electrons. The molecule has 0 aliphatic heterocycles. The van der Waals surface area contributed by atoms with Crippen LogP contribution < -0.4 is 5.32 Å². The Balaban J connectivity index is 4.43. The van der Waals surface area contributed by atoms with E-state index >= 15 is 0 Å². The van der Waals surface area contributed by atoms with E-state index < -0.39 is 24.1 Å². The SMILES string of the molecule is CCCN(CC)C(=O)N[C@H](C(=O)O)[C@@H](C)O. The number of nitrogens with zero attached hydrogens (tertiary/aromatic N) is 1. The highest BCUT2D eigenvalue weighted by Gasteiger charge is 2.26. The Labute approximate surface area is 95.2 Å². The van der Waals surface area contributed by atoms with Crippen LogP contribution in [0, 0.1) is 0 Å². The first-order valence-electron chi connectivity index (χ1n) is 5.40. The minimum Gasteiger partial charge on any atom is -0.480 e. The van der Waals surface area contributed by atoms with Gasteiger partial charge in [-0.15, -0.1) is 0 Å². The maximum absolute atomic E-state index is 11.6. The molecular formula is C10H20N2O4. The van der Waals surface area contributed by atoms with E-state index in [1.165, 1.54) is 11.8 Å². The van der Waals surface area contributed by atoms with Crippen LogP contribution in [0.4, 0.5) is 4.79 Å². The van der Waals surface area contributed by atoms with Gasteiger partial charge in [-0.25, -0.2) is 9.59 Å². The van der Waals surface area contributed by atoms with Gasteiger partial charge in [0, 0.05) is 13.1 Å². The average molecular weight is 232 g/mol. The van der Waals surface area contributed by atoms with Crippen LogP contribution in [0.2, 0.25) is 0 Å². The molecule has 0 aromatic heterocycles. The molecule has 0 fully saturated rings. The normalized spacial score (nSPS) is 14.0. The number of aliphatic carboxylic acids is 1. The number of carboxylic acids is 1. The minimum atomic E-state index is -1.27. The highest BCUT2D eigenvalue weighted by molar-refractivity contribution is 5.83. The fourth-order valence-corrected chi connectivity index (χ4v) is 1.29. The van der Waals surface area contributed by atoms with Crippen molar-refractivity contribution in [2.75, 3.05) is 13.1 Å². The molecule has 2 atom stereocenters. The Morgan fingerprint density at radius 3 is 2.25 bits per heavy atom. The van der Waals surface area contributed by atoms with Gasteiger partial charge in [-0.1, -0.05) is 6.92 Å². The molecule has 0 rings (SSSR count). The number of carbonyl (C=O) groups excluding carboxylic acids is 1. The number of carboxylic acid groups (broad SMARTS) is 1. The van der Waals surface area contributed by atoms with Gasteiger partial charge in [-0.2, -0.15) is 0 Å². The Morgan fingerprint density at radius 2 is 1.94 bits per heavy atom. The summed E-state index contributed by atoms with van der Waals surface area (Å²) in [5.41, 5.74) is 0. The molecule has 0 spiro atoms. The fraction of sp³-hybridized carbons (Fsp3) is 0.800. The number of hydrogen-bond acceptors (Lipinski definition) is 3. The van der Waals surface area contributed by atoms with Gasteiger partial charge in [-0.3, -0.25) is 0 Å². The van der Waals surface area contributed by atoms with E-state index in [1.54, 1.807) is 0 Å². The number of hydrogen-bond donors (Lipinski definition) is 3. The van der Waals surface area contributed by atoms with Crippen molar-refractivity contribution in [1.29, 1.82) is 0 Å². The number of nitrogens with one attached hydrogen (secondary N) is 1. The molecule has 6 heteroatoms. The predicted molar refractivity (Wildman–Crippen MR) is 59.2 cm³/mol. The van der Waals surface area contributed by atoms with Gasteiger partial charge in [0.2, 0.25) is 0 Å². The third-order valence-corrected chi connectivity index (χ3v) is 2.19. The summed E-state index contributed by atoms with van der Waals surface area (Å²) in [6.07, 6.45) is -0.324. The number of aliphatic hydroxyl groups excluding tert-OH is 1. The van der Waals surface area contributed by atoms with Crippen LogP contribution >= 0.6 is 0 Å². The number of amides is 2. The maximum Gasteiger partial charge on any atom is 0.328 e. The lowest BCUT2D eigenvalue weighted by molar-refractivity contribution is -0.141. The van der Waals surface area contributed by atoms with Crippen molar-refractivity contribution in [2.24, 2.45) is 0 Å². The molecule has 0 heterocycles. The van der Waals surface area contributed by atoms with Gasteiger partial charge in [0.1, 0.15) is 0 Å². The molecule has 0 aliphatic carbocycles. The van der Waals surface area contributed by atoms with E-state index in [1.807, 2.05) is 13.8 Å². The third-order valence-electron chi connectivity index (χ3n) is 2.19. The van der Waals surface area contributed by atoms with Crippen molar-refractivity contribution < 1.29 is 19.8 Å². The van der Waals surface area contributed by atoms with E-state index in [4.69, 9.17) is 5.11 Å². The van der Waals surface area contributed by atoms with Crippen molar-refractivity contribution in [3.05, 3.63) is 0 Å². The van der Waals surface area contributed by atoms with Crippen LogP contribution in [0.3, 0.4) is 0 Å². The van der Waals surface area contributed by atoms with Gasteiger partial charge in [0.25, 0.3) is 0 Å². The molecule has 0 radical (unpaired) electrons. The summed E-state index contributed by atoms with van der Waals surface area (Å²) in [4.78, 5) is 23.9. The second-order valence-corrected chi connectivity index (χ2v) is 3.59. The standard InChI is InChI=1S/C10H20N2O4/c1-4-6-12(5-2)10(16)11-8(7(3)13)9(14)15/h7-8,13H,4-6H2,1-3H3,(H,11,16)(H,14,15)/t7-,8+/m1/s1. The smallest absolute Gasteiger partial charge is 0.328 e. The fourth-order valence-electron chi connectivity index (χ4n) is 1.29. The van der Waals surface area contributed by atoms with Gasteiger partial charge >= 0.3 is 12.0 Å². The summed E-state index contributed by atoms with van der Waals surface area (Å²) in [6.45, 7) is 6.14. The van der Waals surface area contributed by atoms with Gasteiger partial charge in [0.05, 0.1) is 6.10 Å². The second kappa shape index (κ2) is 7.05.